The van der Waals surface area contributed by atoms with E-state index in [0.29, 0.717) is 28.0 Å². The highest BCUT2D eigenvalue weighted by Gasteiger charge is 2.28. The van der Waals surface area contributed by atoms with Crippen molar-refractivity contribution in [1.29, 1.82) is 0 Å². The fourth-order valence-corrected chi connectivity index (χ4v) is 3.25. The maximum Gasteiger partial charge on any atom is 0.141 e. The minimum atomic E-state index is -0.722. The highest BCUT2D eigenvalue weighted by molar-refractivity contribution is 9.10. The number of hydrazine groups is 1. The third kappa shape index (κ3) is 3.19. The Morgan fingerprint density at radius 1 is 1.20 bits per heavy atom. The first-order valence-corrected chi connectivity index (χ1v) is 8.70. The molecule has 0 fully saturated rings. The first-order valence-electron chi connectivity index (χ1n) is 7.53. The number of fused-ring (bicyclic) bond motifs is 1. The largest absolute Gasteiger partial charge is 0.310 e. The molecule has 1 aliphatic rings. The van der Waals surface area contributed by atoms with E-state index in [2.05, 4.69) is 31.3 Å². The molecule has 0 aliphatic carbocycles. The maximum absolute atomic E-state index is 14.5. The van der Waals surface area contributed by atoms with Gasteiger partial charge in [0.2, 0.25) is 0 Å². The molecular weight excluding hydrogens is 414 g/mol. The average molecular weight is 428 g/mol. The van der Waals surface area contributed by atoms with Crippen LogP contribution in [0.5, 0.6) is 0 Å². The number of nitrogens with one attached hydrogen (secondary N) is 1. The summed E-state index contributed by atoms with van der Waals surface area (Å²) in [6, 6.07) is 6.58. The lowest BCUT2D eigenvalue weighted by Crippen LogP contribution is -2.38. The summed E-state index contributed by atoms with van der Waals surface area (Å²) in [5, 5.41) is 0.274. The van der Waals surface area contributed by atoms with Crippen LogP contribution in [0.4, 0.5) is 14.5 Å². The Hall–Kier alpha value is -1.83. The van der Waals surface area contributed by atoms with Crippen LogP contribution in [-0.2, 0) is 0 Å². The number of aliphatic imine (C=N–C) groups is 2. The smallest absolute Gasteiger partial charge is 0.141 e. The second-order valence-corrected chi connectivity index (χ2v) is 6.63. The van der Waals surface area contributed by atoms with Gasteiger partial charge in [-0.2, -0.15) is 0 Å². The molecular formula is C17H14BrClF2N4. The van der Waals surface area contributed by atoms with Crippen molar-refractivity contribution in [2.75, 3.05) is 0 Å². The van der Waals surface area contributed by atoms with Crippen molar-refractivity contribution in [2.24, 2.45) is 15.8 Å². The van der Waals surface area contributed by atoms with E-state index in [1.807, 2.05) is 6.92 Å². The molecule has 2 aromatic carbocycles. The minimum absolute atomic E-state index is 0.109. The molecule has 4 nitrogen and oxygen atoms in total. The number of halogens is 4. The molecule has 130 valence electrons. The van der Waals surface area contributed by atoms with Crippen molar-refractivity contribution in [3.05, 3.63) is 62.6 Å². The number of hydrogen-bond donors (Lipinski definition) is 2. The topological polar surface area (TPSA) is 62.8 Å². The van der Waals surface area contributed by atoms with E-state index in [9.17, 15) is 8.78 Å². The number of benzene rings is 2. The summed E-state index contributed by atoms with van der Waals surface area (Å²) in [6.07, 6.45) is 0.537. The zero-order valence-electron chi connectivity index (χ0n) is 13.2. The van der Waals surface area contributed by atoms with Gasteiger partial charge in [0.15, 0.2) is 0 Å². The van der Waals surface area contributed by atoms with Crippen LogP contribution in [0.15, 0.2) is 44.8 Å². The van der Waals surface area contributed by atoms with Crippen molar-refractivity contribution in [3.8, 4) is 0 Å². The highest BCUT2D eigenvalue weighted by Crippen LogP contribution is 2.38. The van der Waals surface area contributed by atoms with Gasteiger partial charge in [-0.05, 0) is 46.6 Å². The summed E-state index contributed by atoms with van der Waals surface area (Å²) in [5.74, 6) is 4.52. The Kier molecular flexibility index (Phi) is 5.17. The molecule has 3 rings (SSSR count). The molecule has 0 unspecified atom stereocenters. The van der Waals surface area contributed by atoms with Gasteiger partial charge < -0.3 is 5.43 Å². The van der Waals surface area contributed by atoms with Gasteiger partial charge in [0, 0.05) is 10.0 Å². The zero-order chi connectivity index (χ0) is 18.1. The average Bonchev–Trinajstić information content (AvgIpc) is 2.75. The van der Waals surface area contributed by atoms with E-state index in [1.165, 1.54) is 18.2 Å². The third-order valence-corrected chi connectivity index (χ3v) is 5.17. The van der Waals surface area contributed by atoms with Crippen molar-refractivity contribution in [1.82, 2.24) is 5.43 Å². The molecule has 0 spiro atoms. The van der Waals surface area contributed by atoms with E-state index in [0.717, 1.165) is 0 Å². The van der Waals surface area contributed by atoms with Gasteiger partial charge in [-0.25, -0.2) is 19.6 Å². The fraction of sp³-hybridized carbons (Fsp3) is 0.176. The summed E-state index contributed by atoms with van der Waals surface area (Å²) in [6.45, 7) is 1.88. The van der Waals surface area contributed by atoms with Gasteiger partial charge in [-0.1, -0.05) is 24.6 Å². The van der Waals surface area contributed by atoms with E-state index in [4.69, 9.17) is 17.4 Å². The Balaban J connectivity index is 2.39. The van der Waals surface area contributed by atoms with Crippen LogP contribution in [-0.4, -0.2) is 17.6 Å². The highest BCUT2D eigenvalue weighted by atomic mass is 79.9. The predicted octanol–water partition coefficient (Wildman–Crippen LogP) is 4.50. The number of rotatable bonds is 2. The SMILES string of the molecule is CC[C@@H]1N=C(c2c(F)cccc2F)c2c(ccc(Br)c2Cl)N=C1NN. The van der Waals surface area contributed by atoms with Crippen molar-refractivity contribution in [3.63, 3.8) is 0 Å². The molecule has 3 N–H and O–H groups in total. The van der Waals surface area contributed by atoms with E-state index >= 15 is 0 Å². The first kappa shape index (κ1) is 18.0. The summed E-state index contributed by atoms with van der Waals surface area (Å²) in [5.41, 5.74) is 3.17. The molecule has 8 heteroatoms. The summed E-state index contributed by atoms with van der Waals surface area (Å²) in [7, 11) is 0. The number of nitrogens with zero attached hydrogens (tertiary/aromatic N) is 2. The normalized spacial score (nSPS) is 16.6. The Bertz CT molecular complexity index is 878. The van der Waals surface area contributed by atoms with Gasteiger partial charge in [-0.3, -0.25) is 4.99 Å². The van der Waals surface area contributed by atoms with Gasteiger partial charge in [0.1, 0.15) is 23.5 Å². The van der Waals surface area contributed by atoms with Gasteiger partial charge >= 0.3 is 0 Å². The van der Waals surface area contributed by atoms with Crippen LogP contribution in [0, 0.1) is 11.6 Å². The van der Waals surface area contributed by atoms with E-state index in [1.54, 1.807) is 12.1 Å². The molecule has 0 amide bonds. The second-order valence-electron chi connectivity index (χ2n) is 5.40. The monoisotopic (exact) mass is 426 g/mol. The summed E-state index contributed by atoms with van der Waals surface area (Å²) >= 11 is 9.76. The first-order chi connectivity index (χ1) is 12.0. The number of nitrogens with two attached hydrogens (primary N) is 1. The molecule has 0 aromatic heterocycles. The Morgan fingerprint density at radius 3 is 2.48 bits per heavy atom. The molecule has 1 atom stereocenters. The lowest BCUT2D eigenvalue weighted by Gasteiger charge is -2.14. The molecule has 2 aromatic rings. The lowest BCUT2D eigenvalue weighted by molar-refractivity contribution is 0.578. The van der Waals surface area contributed by atoms with Gasteiger partial charge in [-0.15, -0.1) is 0 Å². The maximum atomic E-state index is 14.5. The standard InChI is InChI=1S/C17H14BrClF2N4/c1-2-11-17(25-22)24-12-7-6-8(18)15(19)14(12)16(23-11)13-9(20)4-3-5-10(13)21/h3-7,11H,2,22H2,1H3,(H,24,25)/t11-/m0/s1. The lowest BCUT2D eigenvalue weighted by atomic mass is 9.99. The van der Waals surface area contributed by atoms with Crippen molar-refractivity contribution in [2.45, 2.75) is 19.4 Å². The molecule has 0 saturated heterocycles. The van der Waals surface area contributed by atoms with Crippen molar-refractivity contribution < 1.29 is 8.78 Å². The quantitative estimate of drug-likeness (QED) is 0.547. The van der Waals surface area contributed by atoms with Crippen LogP contribution in [0.25, 0.3) is 0 Å². The van der Waals surface area contributed by atoms with Crippen LogP contribution in [0.3, 0.4) is 0 Å². The fourth-order valence-electron chi connectivity index (χ4n) is 2.67. The van der Waals surface area contributed by atoms with E-state index in [-0.39, 0.29) is 16.3 Å². The molecule has 0 bridgehead atoms. The van der Waals surface area contributed by atoms with Crippen LogP contribution >= 0.6 is 27.5 Å². The summed E-state index contributed by atoms with van der Waals surface area (Å²) in [4.78, 5) is 9.00. The molecule has 0 saturated carbocycles. The predicted molar refractivity (Wildman–Crippen MR) is 99.6 cm³/mol. The Morgan fingerprint density at radius 2 is 1.88 bits per heavy atom. The molecule has 1 heterocycles. The van der Waals surface area contributed by atoms with Crippen LogP contribution < -0.4 is 11.3 Å². The Labute approximate surface area is 156 Å². The van der Waals surface area contributed by atoms with Crippen LogP contribution in [0.1, 0.15) is 24.5 Å². The van der Waals surface area contributed by atoms with Gasteiger partial charge in [0.05, 0.1) is 22.0 Å². The zero-order valence-corrected chi connectivity index (χ0v) is 15.5. The molecule has 1 aliphatic heterocycles. The number of amidine groups is 1. The van der Waals surface area contributed by atoms with E-state index < -0.39 is 17.7 Å². The minimum Gasteiger partial charge on any atom is -0.310 e. The van der Waals surface area contributed by atoms with Crippen molar-refractivity contribution >= 4 is 44.8 Å². The molecule has 0 radical (unpaired) electrons. The molecule has 25 heavy (non-hydrogen) atoms. The van der Waals surface area contributed by atoms with Crippen LogP contribution in [0.2, 0.25) is 5.02 Å². The number of hydrogen-bond acceptors (Lipinski definition) is 4. The third-order valence-electron chi connectivity index (χ3n) is 3.89. The summed E-state index contributed by atoms with van der Waals surface area (Å²) < 4.78 is 29.5. The van der Waals surface area contributed by atoms with Gasteiger partial charge in [0.25, 0.3) is 0 Å². The second kappa shape index (κ2) is 7.19.